The second-order valence-electron chi connectivity index (χ2n) is 4.18. The number of phenols is 1. The summed E-state index contributed by atoms with van der Waals surface area (Å²) < 4.78 is 0. The fourth-order valence-corrected chi connectivity index (χ4v) is 2.26. The van der Waals surface area contributed by atoms with Crippen molar-refractivity contribution in [3.8, 4) is 5.75 Å². The Morgan fingerprint density at radius 3 is 2.41 bits per heavy atom. The van der Waals surface area contributed by atoms with Crippen LogP contribution in [0, 0.1) is 5.92 Å². The van der Waals surface area contributed by atoms with Crippen LogP contribution in [-0.2, 0) is 0 Å². The van der Waals surface area contributed by atoms with E-state index in [-0.39, 0.29) is 29.1 Å². The maximum absolute atomic E-state index is 9.89. The lowest BCUT2D eigenvalue weighted by Crippen LogP contribution is -2.28. The molecule has 2 atom stereocenters. The maximum atomic E-state index is 9.89. The minimum absolute atomic E-state index is 0. The molecule has 3 nitrogen and oxygen atoms in total. The molecule has 0 spiro atoms. The van der Waals surface area contributed by atoms with Gasteiger partial charge in [0.25, 0.3) is 0 Å². The van der Waals surface area contributed by atoms with Gasteiger partial charge >= 0.3 is 0 Å². The lowest BCUT2D eigenvalue weighted by atomic mass is 9.98. The predicted octanol–water partition coefficient (Wildman–Crippen LogP) is 2.89. The SMILES string of the molecule is Cl.N[C@H](c1cc(Cl)cc(Cl)c1O)[C@@H](O)C1CC1. The van der Waals surface area contributed by atoms with Crippen LogP contribution in [-0.4, -0.2) is 16.3 Å². The number of phenolic OH excluding ortho intramolecular Hbond substituents is 1. The van der Waals surface area contributed by atoms with E-state index < -0.39 is 12.1 Å². The highest BCUT2D eigenvalue weighted by molar-refractivity contribution is 6.35. The lowest BCUT2D eigenvalue weighted by molar-refractivity contribution is 0.121. The van der Waals surface area contributed by atoms with E-state index in [1.165, 1.54) is 6.07 Å². The van der Waals surface area contributed by atoms with Crippen molar-refractivity contribution < 1.29 is 10.2 Å². The zero-order valence-electron chi connectivity index (χ0n) is 8.94. The number of aliphatic hydroxyl groups excluding tert-OH is 1. The van der Waals surface area contributed by atoms with Gasteiger partial charge in [-0.05, 0) is 30.9 Å². The molecule has 0 aromatic heterocycles. The average Bonchev–Trinajstić information content (AvgIpc) is 3.05. The molecule has 4 N–H and O–H groups in total. The van der Waals surface area contributed by atoms with Gasteiger partial charge in [0, 0.05) is 10.6 Å². The molecule has 0 bridgehead atoms. The molecule has 0 aliphatic heterocycles. The van der Waals surface area contributed by atoms with Crippen LogP contribution in [0.5, 0.6) is 5.75 Å². The molecule has 6 heteroatoms. The predicted molar refractivity (Wildman–Crippen MR) is 71.0 cm³/mol. The Morgan fingerprint density at radius 2 is 1.88 bits per heavy atom. The number of rotatable bonds is 3. The molecule has 1 fully saturated rings. The Kier molecular flexibility index (Phi) is 4.93. The molecule has 0 saturated heterocycles. The highest BCUT2D eigenvalue weighted by Crippen LogP contribution is 2.41. The first kappa shape index (κ1) is 14.9. The summed E-state index contributed by atoms with van der Waals surface area (Å²) in [5.41, 5.74) is 6.29. The minimum atomic E-state index is -0.652. The van der Waals surface area contributed by atoms with E-state index in [9.17, 15) is 10.2 Å². The molecular weight excluding hydrogens is 284 g/mol. The molecule has 1 aromatic carbocycles. The van der Waals surface area contributed by atoms with Crippen molar-refractivity contribution in [1.29, 1.82) is 0 Å². The monoisotopic (exact) mass is 297 g/mol. The Bertz CT molecular complexity index is 410. The first-order valence-electron chi connectivity index (χ1n) is 5.12. The van der Waals surface area contributed by atoms with Crippen molar-refractivity contribution in [2.24, 2.45) is 11.7 Å². The highest BCUT2D eigenvalue weighted by Gasteiger charge is 2.35. The maximum Gasteiger partial charge on any atom is 0.139 e. The summed E-state index contributed by atoms with van der Waals surface area (Å²) in [7, 11) is 0. The van der Waals surface area contributed by atoms with Gasteiger partial charge in [-0.15, -0.1) is 12.4 Å². The van der Waals surface area contributed by atoms with Crippen molar-refractivity contribution in [1.82, 2.24) is 0 Å². The van der Waals surface area contributed by atoms with E-state index in [4.69, 9.17) is 28.9 Å². The molecule has 2 rings (SSSR count). The van der Waals surface area contributed by atoms with Gasteiger partial charge in [-0.3, -0.25) is 0 Å². The van der Waals surface area contributed by atoms with Gasteiger partial charge in [0.2, 0.25) is 0 Å². The fraction of sp³-hybridized carbons (Fsp3) is 0.455. The summed E-state index contributed by atoms with van der Waals surface area (Å²) in [6, 6.07) is 2.33. The zero-order valence-corrected chi connectivity index (χ0v) is 11.3. The Morgan fingerprint density at radius 1 is 1.29 bits per heavy atom. The molecule has 1 aliphatic carbocycles. The third-order valence-electron chi connectivity index (χ3n) is 2.89. The Labute approximate surface area is 116 Å². The van der Waals surface area contributed by atoms with Gasteiger partial charge in [0.15, 0.2) is 0 Å². The van der Waals surface area contributed by atoms with Crippen LogP contribution in [0.15, 0.2) is 12.1 Å². The third-order valence-corrected chi connectivity index (χ3v) is 3.40. The summed E-state index contributed by atoms with van der Waals surface area (Å²) in [6.07, 6.45) is 1.30. The van der Waals surface area contributed by atoms with Crippen LogP contribution in [0.4, 0.5) is 0 Å². The fourth-order valence-electron chi connectivity index (χ4n) is 1.75. The average molecular weight is 299 g/mol. The molecule has 0 radical (unpaired) electrons. The topological polar surface area (TPSA) is 66.5 Å². The van der Waals surface area contributed by atoms with Crippen molar-refractivity contribution in [2.75, 3.05) is 0 Å². The number of halogens is 3. The van der Waals surface area contributed by atoms with Crippen LogP contribution in [0.3, 0.4) is 0 Å². The zero-order chi connectivity index (χ0) is 11.9. The Hall–Kier alpha value is -0.190. The number of nitrogens with two attached hydrogens (primary N) is 1. The molecule has 0 unspecified atom stereocenters. The normalized spacial score (nSPS) is 18.4. The van der Waals surface area contributed by atoms with Gasteiger partial charge in [-0.2, -0.15) is 0 Å². The molecule has 17 heavy (non-hydrogen) atoms. The van der Waals surface area contributed by atoms with Gasteiger partial charge in [-0.25, -0.2) is 0 Å². The van der Waals surface area contributed by atoms with Crippen LogP contribution in [0.2, 0.25) is 10.0 Å². The van der Waals surface area contributed by atoms with Gasteiger partial charge in [0.05, 0.1) is 17.2 Å². The van der Waals surface area contributed by atoms with Crippen molar-refractivity contribution in [3.05, 3.63) is 27.7 Å². The van der Waals surface area contributed by atoms with Crippen LogP contribution in [0.25, 0.3) is 0 Å². The molecule has 0 heterocycles. The summed E-state index contributed by atoms with van der Waals surface area (Å²) >= 11 is 11.6. The molecule has 96 valence electrons. The molecular formula is C11H14Cl3NO2. The minimum Gasteiger partial charge on any atom is -0.506 e. The van der Waals surface area contributed by atoms with E-state index in [1.54, 1.807) is 6.07 Å². The van der Waals surface area contributed by atoms with E-state index in [2.05, 4.69) is 0 Å². The van der Waals surface area contributed by atoms with Gasteiger partial charge < -0.3 is 15.9 Å². The molecule has 1 aromatic rings. The lowest BCUT2D eigenvalue weighted by Gasteiger charge is -2.20. The Balaban J connectivity index is 0.00000144. The van der Waals surface area contributed by atoms with Crippen molar-refractivity contribution in [2.45, 2.75) is 25.0 Å². The van der Waals surface area contributed by atoms with Gasteiger partial charge in [-0.1, -0.05) is 23.2 Å². The van der Waals surface area contributed by atoms with Crippen LogP contribution in [0.1, 0.15) is 24.4 Å². The standard InChI is InChI=1S/C11H13Cl2NO2.ClH/c12-6-3-7(11(16)8(13)4-6)9(14)10(15)5-1-2-5;/h3-5,9-10,15-16H,1-2,14H2;1H/t9-,10+;/m1./s1. The molecule has 0 amide bonds. The van der Waals surface area contributed by atoms with E-state index in [0.29, 0.717) is 10.6 Å². The summed E-state index contributed by atoms with van der Waals surface area (Å²) in [6.45, 7) is 0. The summed E-state index contributed by atoms with van der Waals surface area (Å²) in [5, 5.41) is 20.2. The van der Waals surface area contributed by atoms with Crippen LogP contribution >= 0.6 is 35.6 Å². The quantitative estimate of drug-likeness (QED) is 0.804. The molecule has 1 aliphatic rings. The largest absolute Gasteiger partial charge is 0.506 e. The highest BCUT2D eigenvalue weighted by atomic mass is 35.5. The second-order valence-corrected chi connectivity index (χ2v) is 5.02. The van der Waals surface area contributed by atoms with Crippen molar-refractivity contribution in [3.63, 3.8) is 0 Å². The first-order chi connectivity index (χ1) is 7.50. The number of hydrogen-bond acceptors (Lipinski definition) is 3. The van der Waals surface area contributed by atoms with Crippen LogP contribution < -0.4 is 5.73 Å². The number of benzene rings is 1. The second kappa shape index (κ2) is 5.63. The van der Waals surface area contributed by atoms with E-state index in [1.807, 2.05) is 0 Å². The van der Waals surface area contributed by atoms with Crippen molar-refractivity contribution >= 4 is 35.6 Å². The number of hydrogen-bond donors (Lipinski definition) is 3. The number of aliphatic hydroxyl groups is 1. The smallest absolute Gasteiger partial charge is 0.139 e. The third kappa shape index (κ3) is 3.18. The van der Waals surface area contributed by atoms with E-state index in [0.717, 1.165) is 12.8 Å². The first-order valence-corrected chi connectivity index (χ1v) is 5.88. The summed E-state index contributed by atoms with van der Waals surface area (Å²) in [5.74, 6) is 0.130. The number of aromatic hydroxyl groups is 1. The van der Waals surface area contributed by atoms with E-state index >= 15 is 0 Å². The summed E-state index contributed by atoms with van der Waals surface area (Å²) in [4.78, 5) is 0. The molecule has 1 saturated carbocycles. The van der Waals surface area contributed by atoms with Gasteiger partial charge in [0.1, 0.15) is 5.75 Å².